The molecular weight excluding hydrogens is 282 g/mol. The van der Waals surface area contributed by atoms with E-state index in [0.29, 0.717) is 11.0 Å². The number of ether oxygens (including phenoxy) is 1. The van der Waals surface area contributed by atoms with Crippen molar-refractivity contribution in [3.63, 3.8) is 0 Å². The zero-order chi connectivity index (χ0) is 12.3. The molecule has 1 aromatic carbocycles. The highest BCUT2D eigenvalue weighted by Crippen LogP contribution is 2.12. The first-order chi connectivity index (χ1) is 8.20. The maximum atomic E-state index is 11.8. The number of rotatable bonds is 3. The van der Waals surface area contributed by atoms with Crippen LogP contribution in [0.3, 0.4) is 0 Å². The molecule has 0 unspecified atom stereocenters. The van der Waals surface area contributed by atoms with E-state index < -0.39 is 0 Å². The third-order valence-corrected chi connectivity index (χ3v) is 3.09. The molecule has 0 aliphatic heterocycles. The summed E-state index contributed by atoms with van der Waals surface area (Å²) in [7, 11) is 1.63. The fourth-order valence-corrected chi connectivity index (χ4v) is 1.94. The fraction of sp³-hybridized carbons (Fsp3) is 0.154. The SMILES string of the molecule is COc1ccc(Cn2cccc(Br)c2=O)cc1. The first kappa shape index (κ1) is 11.9. The van der Waals surface area contributed by atoms with E-state index in [0.717, 1.165) is 11.3 Å². The molecule has 0 radical (unpaired) electrons. The maximum absolute atomic E-state index is 11.8. The second-order valence-electron chi connectivity index (χ2n) is 3.64. The maximum Gasteiger partial charge on any atom is 0.265 e. The molecule has 0 N–H and O–H groups in total. The summed E-state index contributed by atoms with van der Waals surface area (Å²) in [5, 5.41) is 0. The van der Waals surface area contributed by atoms with E-state index in [1.54, 1.807) is 23.9 Å². The molecule has 3 nitrogen and oxygen atoms in total. The second-order valence-corrected chi connectivity index (χ2v) is 4.49. The highest BCUT2D eigenvalue weighted by atomic mass is 79.9. The molecule has 0 saturated heterocycles. The predicted molar refractivity (Wildman–Crippen MR) is 70.5 cm³/mol. The number of methoxy groups -OCH3 is 1. The molecule has 88 valence electrons. The van der Waals surface area contributed by atoms with Gasteiger partial charge in [-0.15, -0.1) is 0 Å². The minimum atomic E-state index is -0.0247. The van der Waals surface area contributed by atoms with Gasteiger partial charge in [0.15, 0.2) is 0 Å². The molecule has 0 aliphatic rings. The van der Waals surface area contributed by atoms with Gasteiger partial charge in [-0.3, -0.25) is 4.79 Å². The van der Waals surface area contributed by atoms with Crippen molar-refractivity contribution in [2.45, 2.75) is 6.54 Å². The van der Waals surface area contributed by atoms with Crippen LogP contribution < -0.4 is 10.3 Å². The Morgan fingerprint density at radius 2 is 1.94 bits per heavy atom. The fourth-order valence-electron chi connectivity index (χ4n) is 1.56. The van der Waals surface area contributed by atoms with Crippen LogP contribution in [0.5, 0.6) is 5.75 Å². The van der Waals surface area contributed by atoms with E-state index >= 15 is 0 Å². The molecule has 1 heterocycles. The van der Waals surface area contributed by atoms with E-state index in [4.69, 9.17) is 4.74 Å². The van der Waals surface area contributed by atoms with Gasteiger partial charge in [0.25, 0.3) is 5.56 Å². The van der Waals surface area contributed by atoms with Gasteiger partial charge >= 0.3 is 0 Å². The van der Waals surface area contributed by atoms with Crippen molar-refractivity contribution < 1.29 is 4.74 Å². The van der Waals surface area contributed by atoms with E-state index in [-0.39, 0.29) is 5.56 Å². The van der Waals surface area contributed by atoms with Crippen LogP contribution in [0, 0.1) is 0 Å². The summed E-state index contributed by atoms with van der Waals surface area (Å²) in [4.78, 5) is 11.8. The first-order valence-electron chi connectivity index (χ1n) is 5.18. The standard InChI is InChI=1S/C13H12BrNO2/c1-17-11-6-4-10(5-7-11)9-15-8-2-3-12(14)13(15)16/h2-8H,9H2,1H3. The van der Waals surface area contributed by atoms with Gasteiger partial charge in [0.2, 0.25) is 0 Å². The van der Waals surface area contributed by atoms with Crippen molar-refractivity contribution in [2.75, 3.05) is 7.11 Å². The molecule has 1 aromatic heterocycles. The van der Waals surface area contributed by atoms with E-state index in [1.807, 2.05) is 30.3 Å². The second kappa shape index (κ2) is 5.19. The number of hydrogen-bond acceptors (Lipinski definition) is 2. The average molecular weight is 294 g/mol. The topological polar surface area (TPSA) is 31.2 Å². The van der Waals surface area contributed by atoms with Gasteiger partial charge in [0, 0.05) is 6.20 Å². The number of nitrogens with zero attached hydrogens (tertiary/aromatic N) is 1. The minimum Gasteiger partial charge on any atom is -0.497 e. The lowest BCUT2D eigenvalue weighted by atomic mass is 10.2. The normalized spacial score (nSPS) is 10.2. The molecule has 0 spiro atoms. The van der Waals surface area contributed by atoms with E-state index in [1.165, 1.54) is 0 Å². The monoisotopic (exact) mass is 293 g/mol. The van der Waals surface area contributed by atoms with Crippen LogP contribution in [0.15, 0.2) is 51.9 Å². The predicted octanol–water partition coefficient (Wildman–Crippen LogP) is 2.67. The zero-order valence-electron chi connectivity index (χ0n) is 9.39. The molecule has 0 fully saturated rings. The molecule has 0 amide bonds. The smallest absolute Gasteiger partial charge is 0.265 e. The zero-order valence-corrected chi connectivity index (χ0v) is 11.0. The van der Waals surface area contributed by atoms with Gasteiger partial charge in [-0.25, -0.2) is 0 Å². The van der Waals surface area contributed by atoms with Gasteiger partial charge in [-0.1, -0.05) is 12.1 Å². The Labute approximate surface area is 108 Å². The number of hydrogen-bond donors (Lipinski definition) is 0. The van der Waals surface area contributed by atoms with Gasteiger partial charge < -0.3 is 9.30 Å². The average Bonchev–Trinajstić information content (AvgIpc) is 2.36. The van der Waals surface area contributed by atoms with Gasteiger partial charge in [-0.05, 0) is 45.8 Å². The van der Waals surface area contributed by atoms with Crippen LogP contribution in [-0.2, 0) is 6.54 Å². The van der Waals surface area contributed by atoms with Crippen molar-refractivity contribution in [3.8, 4) is 5.75 Å². The largest absolute Gasteiger partial charge is 0.497 e. The molecular formula is C13H12BrNO2. The molecule has 0 atom stereocenters. The molecule has 0 bridgehead atoms. The van der Waals surface area contributed by atoms with Crippen LogP contribution in [0.4, 0.5) is 0 Å². The van der Waals surface area contributed by atoms with Crippen LogP contribution in [0.25, 0.3) is 0 Å². The van der Waals surface area contributed by atoms with E-state index in [9.17, 15) is 4.79 Å². The van der Waals surface area contributed by atoms with Crippen molar-refractivity contribution in [1.29, 1.82) is 0 Å². The summed E-state index contributed by atoms with van der Waals surface area (Å²) in [6, 6.07) is 11.3. The minimum absolute atomic E-state index is 0.0247. The molecule has 0 aliphatic carbocycles. The Kier molecular flexibility index (Phi) is 3.64. The molecule has 0 saturated carbocycles. The summed E-state index contributed by atoms with van der Waals surface area (Å²) < 4.78 is 7.32. The number of halogens is 1. The quantitative estimate of drug-likeness (QED) is 0.871. The summed E-state index contributed by atoms with van der Waals surface area (Å²) in [6.45, 7) is 0.558. The Morgan fingerprint density at radius 3 is 2.59 bits per heavy atom. The van der Waals surface area contributed by atoms with Crippen molar-refractivity contribution in [3.05, 3.63) is 63.0 Å². The van der Waals surface area contributed by atoms with Crippen LogP contribution in [-0.4, -0.2) is 11.7 Å². The molecule has 4 heteroatoms. The number of pyridine rings is 1. The van der Waals surface area contributed by atoms with Crippen molar-refractivity contribution in [2.24, 2.45) is 0 Å². The summed E-state index contributed by atoms with van der Waals surface area (Å²) in [5.41, 5.74) is 1.04. The Balaban J connectivity index is 2.25. The van der Waals surface area contributed by atoms with Gasteiger partial charge in [0.05, 0.1) is 18.1 Å². The Morgan fingerprint density at radius 1 is 1.24 bits per heavy atom. The lowest BCUT2D eigenvalue weighted by Crippen LogP contribution is -2.20. The molecule has 17 heavy (non-hydrogen) atoms. The molecule has 2 aromatic rings. The number of aromatic nitrogens is 1. The first-order valence-corrected chi connectivity index (χ1v) is 5.98. The third-order valence-electron chi connectivity index (χ3n) is 2.49. The van der Waals surface area contributed by atoms with Crippen molar-refractivity contribution >= 4 is 15.9 Å². The Bertz CT molecular complexity index is 560. The van der Waals surface area contributed by atoms with Crippen LogP contribution in [0.2, 0.25) is 0 Å². The summed E-state index contributed by atoms with van der Waals surface area (Å²) in [6.07, 6.45) is 1.78. The lowest BCUT2D eigenvalue weighted by molar-refractivity contribution is 0.414. The lowest BCUT2D eigenvalue weighted by Gasteiger charge is -2.06. The van der Waals surface area contributed by atoms with Gasteiger partial charge in [0.1, 0.15) is 5.75 Å². The molecule has 2 rings (SSSR count). The highest BCUT2D eigenvalue weighted by molar-refractivity contribution is 9.10. The third kappa shape index (κ3) is 2.77. The van der Waals surface area contributed by atoms with Crippen molar-refractivity contribution in [1.82, 2.24) is 4.57 Å². The Hall–Kier alpha value is -1.55. The summed E-state index contributed by atoms with van der Waals surface area (Å²) >= 11 is 3.23. The van der Waals surface area contributed by atoms with E-state index in [2.05, 4.69) is 15.9 Å². The van der Waals surface area contributed by atoms with Crippen LogP contribution >= 0.6 is 15.9 Å². The highest BCUT2D eigenvalue weighted by Gasteiger charge is 2.01. The van der Waals surface area contributed by atoms with Gasteiger partial charge in [-0.2, -0.15) is 0 Å². The van der Waals surface area contributed by atoms with Crippen LogP contribution in [0.1, 0.15) is 5.56 Å². The summed E-state index contributed by atoms with van der Waals surface area (Å²) in [5.74, 6) is 0.815. The number of benzene rings is 1.